The number of methoxy groups -OCH3 is 1. The summed E-state index contributed by atoms with van der Waals surface area (Å²) in [5, 5.41) is 10.3. The van der Waals surface area contributed by atoms with E-state index in [1.807, 2.05) is 0 Å². The lowest BCUT2D eigenvalue weighted by Crippen LogP contribution is -2.14. The molecule has 0 saturated heterocycles. The molecule has 0 aliphatic rings. The standard InChI is InChI=1S/C11H12N4O2S2/c1-17-9-3-2-7(12)4-8(9)14-10(16)5-18-11-15-13-6-19-11/h2-4,6H,5,12H2,1H3,(H,14,16). The number of carbonyl (C=O) groups excluding carboxylic acids is 1. The van der Waals surface area contributed by atoms with Crippen molar-refractivity contribution in [1.82, 2.24) is 10.2 Å². The van der Waals surface area contributed by atoms with Gasteiger partial charge in [-0.3, -0.25) is 4.79 Å². The summed E-state index contributed by atoms with van der Waals surface area (Å²) in [7, 11) is 1.54. The molecule has 1 heterocycles. The van der Waals surface area contributed by atoms with Crippen LogP contribution in [0, 0.1) is 0 Å². The minimum absolute atomic E-state index is 0.149. The van der Waals surface area contributed by atoms with Gasteiger partial charge in [-0.2, -0.15) is 0 Å². The Morgan fingerprint density at radius 3 is 3.11 bits per heavy atom. The first-order valence-electron chi connectivity index (χ1n) is 5.31. The lowest BCUT2D eigenvalue weighted by atomic mass is 10.2. The number of nitrogens with zero attached hydrogens (tertiary/aromatic N) is 2. The first-order chi connectivity index (χ1) is 9.19. The molecule has 0 aliphatic heterocycles. The average molecular weight is 296 g/mol. The Labute approximate surface area is 118 Å². The van der Waals surface area contributed by atoms with Crippen molar-refractivity contribution in [3.05, 3.63) is 23.7 Å². The zero-order valence-electron chi connectivity index (χ0n) is 10.1. The van der Waals surface area contributed by atoms with Gasteiger partial charge < -0.3 is 15.8 Å². The molecule has 0 spiro atoms. The molecule has 1 aromatic carbocycles. The predicted octanol–water partition coefficient (Wildman–Crippen LogP) is 1.86. The predicted molar refractivity (Wildman–Crippen MR) is 76.7 cm³/mol. The number of amides is 1. The van der Waals surface area contributed by atoms with Crippen LogP contribution in [0.3, 0.4) is 0 Å². The molecule has 0 bridgehead atoms. The van der Waals surface area contributed by atoms with E-state index in [0.29, 0.717) is 17.1 Å². The number of nitrogens with two attached hydrogens (primary N) is 1. The molecule has 1 amide bonds. The van der Waals surface area contributed by atoms with Crippen molar-refractivity contribution >= 4 is 40.4 Å². The summed E-state index contributed by atoms with van der Waals surface area (Å²) in [6.45, 7) is 0. The molecule has 0 aliphatic carbocycles. The van der Waals surface area contributed by atoms with Crippen LogP contribution in [0.5, 0.6) is 5.75 Å². The van der Waals surface area contributed by atoms with Gasteiger partial charge in [-0.25, -0.2) is 0 Å². The summed E-state index contributed by atoms with van der Waals surface area (Å²) >= 11 is 2.73. The maximum atomic E-state index is 11.8. The van der Waals surface area contributed by atoms with Crippen LogP contribution in [0.4, 0.5) is 11.4 Å². The van der Waals surface area contributed by atoms with E-state index in [9.17, 15) is 4.79 Å². The van der Waals surface area contributed by atoms with Crippen LogP contribution in [0.25, 0.3) is 0 Å². The fourth-order valence-corrected chi connectivity index (χ4v) is 2.65. The van der Waals surface area contributed by atoms with Gasteiger partial charge in [0.2, 0.25) is 5.91 Å². The molecule has 2 aromatic rings. The maximum Gasteiger partial charge on any atom is 0.234 e. The van der Waals surface area contributed by atoms with Gasteiger partial charge in [0, 0.05) is 5.69 Å². The van der Waals surface area contributed by atoms with Gasteiger partial charge in [-0.1, -0.05) is 23.1 Å². The van der Waals surface area contributed by atoms with E-state index >= 15 is 0 Å². The van der Waals surface area contributed by atoms with E-state index in [2.05, 4.69) is 15.5 Å². The molecule has 6 nitrogen and oxygen atoms in total. The van der Waals surface area contributed by atoms with E-state index in [1.54, 1.807) is 23.7 Å². The third-order valence-electron chi connectivity index (χ3n) is 2.16. The van der Waals surface area contributed by atoms with Crippen LogP contribution in [0.2, 0.25) is 0 Å². The average Bonchev–Trinajstić information content (AvgIpc) is 2.90. The minimum Gasteiger partial charge on any atom is -0.495 e. The van der Waals surface area contributed by atoms with E-state index in [-0.39, 0.29) is 11.7 Å². The third-order valence-corrected chi connectivity index (χ3v) is 4.02. The van der Waals surface area contributed by atoms with E-state index in [4.69, 9.17) is 10.5 Å². The summed E-state index contributed by atoms with van der Waals surface area (Å²) in [6.07, 6.45) is 0. The van der Waals surface area contributed by atoms with Crippen LogP contribution >= 0.6 is 23.1 Å². The van der Waals surface area contributed by atoms with Crippen molar-refractivity contribution in [3.63, 3.8) is 0 Å². The quantitative estimate of drug-likeness (QED) is 0.646. The number of nitrogens with one attached hydrogen (secondary N) is 1. The van der Waals surface area contributed by atoms with Crippen LogP contribution in [0.1, 0.15) is 0 Å². The highest BCUT2D eigenvalue weighted by Crippen LogP contribution is 2.27. The van der Waals surface area contributed by atoms with E-state index in [1.165, 1.54) is 30.2 Å². The lowest BCUT2D eigenvalue weighted by molar-refractivity contribution is -0.113. The van der Waals surface area contributed by atoms with Crippen molar-refractivity contribution in [2.24, 2.45) is 0 Å². The molecule has 1 aromatic heterocycles. The first kappa shape index (κ1) is 13.6. The van der Waals surface area contributed by atoms with Gasteiger partial charge >= 0.3 is 0 Å². The van der Waals surface area contributed by atoms with Gasteiger partial charge in [0.1, 0.15) is 11.3 Å². The topological polar surface area (TPSA) is 90.1 Å². The van der Waals surface area contributed by atoms with Gasteiger partial charge in [0.05, 0.1) is 18.6 Å². The molecule has 0 saturated carbocycles. The SMILES string of the molecule is COc1ccc(N)cc1NC(=O)CSc1nncs1. The fraction of sp³-hybridized carbons (Fsp3) is 0.182. The zero-order chi connectivity index (χ0) is 13.7. The van der Waals surface area contributed by atoms with Crippen LogP contribution in [-0.2, 0) is 4.79 Å². The zero-order valence-corrected chi connectivity index (χ0v) is 11.8. The Morgan fingerprint density at radius 1 is 1.58 bits per heavy atom. The number of thioether (sulfide) groups is 1. The van der Waals surface area contributed by atoms with Crippen LogP contribution in [-0.4, -0.2) is 29.0 Å². The van der Waals surface area contributed by atoms with E-state index < -0.39 is 0 Å². The molecule has 0 atom stereocenters. The highest BCUT2D eigenvalue weighted by molar-refractivity contribution is 8.01. The monoisotopic (exact) mass is 296 g/mol. The Morgan fingerprint density at radius 2 is 2.42 bits per heavy atom. The number of anilines is 2. The lowest BCUT2D eigenvalue weighted by Gasteiger charge is -2.10. The molecule has 0 fully saturated rings. The second-order valence-electron chi connectivity index (χ2n) is 3.50. The van der Waals surface area contributed by atoms with E-state index in [0.717, 1.165) is 4.34 Å². The van der Waals surface area contributed by atoms with Gasteiger partial charge in [-0.15, -0.1) is 10.2 Å². The number of aromatic nitrogens is 2. The largest absolute Gasteiger partial charge is 0.495 e. The number of ether oxygens (including phenoxy) is 1. The first-order valence-corrected chi connectivity index (χ1v) is 7.18. The summed E-state index contributed by atoms with van der Waals surface area (Å²) in [6, 6.07) is 5.08. The molecule has 0 unspecified atom stereocenters. The molecule has 0 radical (unpaired) electrons. The number of rotatable bonds is 5. The Hall–Kier alpha value is -1.80. The number of carbonyl (C=O) groups is 1. The number of hydrogen-bond donors (Lipinski definition) is 2. The van der Waals surface area contributed by atoms with Gasteiger partial charge in [0.25, 0.3) is 0 Å². The second kappa shape index (κ2) is 6.39. The summed E-state index contributed by atoms with van der Waals surface area (Å²) in [5.41, 5.74) is 8.43. The molecular formula is C11H12N4O2S2. The minimum atomic E-state index is -0.149. The normalized spacial score (nSPS) is 10.2. The molecule has 8 heteroatoms. The van der Waals surface area contributed by atoms with Crippen LogP contribution < -0.4 is 15.8 Å². The molecule has 19 heavy (non-hydrogen) atoms. The van der Waals surface area contributed by atoms with Crippen molar-refractivity contribution in [1.29, 1.82) is 0 Å². The third kappa shape index (κ3) is 3.83. The van der Waals surface area contributed by atoms with Crippen molar-refractivity contribution < 1.29 is 9.53 Å². The van der Waals surface area contributed by atoms with Crippen molar-refractivity contribution in [3.8, 4) is 5.75 Å². The molecule has 100 valence electrons. The number of hydrogen-bond acceptors (Lipinski definition) is 7. The highest BCUT2D eigenvalue weighted by atomic mass is 32.2. The number of benzene rings is 1. The summed E-state index contributed by atoms with van der Waals surface area (Å²) in [5.74, 6) is 0.681. The summed E-state index contributed by atoms with van der Waals surface area (Å²) < 4.78 is 5.91. The molecule has 3 N–H and O–H groups in total. The maximum absolute atomic E-state index is 11.8. The number of nitrogen functional groups attached to an aromatic ring is 1. The summed E-state index contributed by atoms with van der Waals surface area (Å²) in [4.78, 5) is 11.8. The van der Waals surface area contributed by atoms with Gasteiger partial charge in [-0.05, 0) is 18.2 Å². The molecule has 2 rings (SSSR count). The second-order valence-corrected chi connectivity index (χ2v) is 5.56. The Kier molecular flexibility index (Phi) is 4.58. The van der Waals surface area contributed by atoms with Gasteiger partial charge in [0.15, 0.2) is 4.34 Å². The fourth-order valence-electron chi connectivity index (χ4n) is 1.36. The van der Waals surface area contributed by atoms with Crippen LogP contribution in [0.15, 0.2) is 28.0 Å². The van der Waals surface area contributed by atoms with Crippen molar-refractivity contribution in [2.75, 3.05) is 23.9 Å². The Balaban J connectivity index is 1.96. The smallest absolute Gasteiger partial charge is 0.234 e. The molecular weight excluding hydrogens is 284 g/mol. The van der Waals surface area contributed by atoms with Crippen molar-refractivity contribution in [2.45, 2.75) is 4.34 Å². The highest BCUT2D eigenvalue weighted by Gasteiger charge is 2.09. The Bertz CT molecular complexity index is 560.